The highest BCUT2D eigenvalue weighted by molar-refractivity contribution is 9.10. The van der Waals surface area contributed by atoms with E-state index >= 15 is 0 Å². The standard InChI is InChI=1S/C13H13BrF3N3S/c1-7(2)19-6-10-11(13(15,16)17)20-12(21-10)8-3-9(14)5-18-4-8/h3-5,7,19H,6H2,1-2H3. The molecule has 0 amide bonds. The monoisotopic (exact) mass is 379 g/mol. The summed E-state index contributed by atoms with van der Waals surface area (Å²) in [5, 5.41) is 3.31. The number of nitrogens with zero attached hydrogens (tertiary/aromatic N) is 2. The predicted molar refractivity (Wildman–Crippen MR) is 80.0 cm³/mol. The lowest BCUT2D eigenvalue weighted by molar-refractivity contribution is -0.141. The minimum Gasteiger partial charge on any atom is -0.310 e. The van der Waals surface area contributed by atoms with E-state index in [1.54, 1.807) is 12.3 Å². The van der Waals surface area contributed by atoms with Gasteiger partial charge in [0.05, 0.1) is 4.88 Å². The zero-order valence-corrected chi connectivity index (χ0v) is 13.7. The molecule has 3 nitrogen and oxygen atoms in total. The smallest absolute Gasteiger partial charge is 0.310 e. The number of rotatable bonds is 4. The second-order valence-corrected chi connectivity index (χ2v) is 6.72. The molecule has 0 aliphatic carbocycles. The summed E-state index contributed by atoms with van der Waals surface area (Å²) in [7, 11) is 0. The second kappa shape index (κ2) is 6.41. The average Bonchev–Trinajstić information content (AvgIpc) is 2.80. The molecule has 8 heteroatoms. The Morgan fingerprint density at radius 1 is 1.33 bits per heavy atom. The fourth-order valence-electron chi connectivity index (χ4n) is 1.64. The summed E-state index contributed by atoms with van der Waals surface area (Å²) < 4.78 is 39.9. The summed E-state index contributed by atoms with van der Waals surface area (Å²) in [5.74, 6) is 0. The quantitative estimate of drug-likeness (QED) is 0.850. The van der Waals surface area contributed by atoms with E-state index < -0.39 is 11.9 Å². The minimum atomic E-state index is -4.46. The van der Waals surface area contributed by atoms with Crippen LogP contribution in [0, 0.1) is 0 Å². The van der Waals surface area contributed by atoms with Crippen molar-refractivity contribution < 1.29 is 13.2 Å². The highest BCUT2D eigenvalue weighted by Crippen LogP contribution is 2.37. The zero-order chi connectivity index (χ0) is 15.6. The van der Waals surface area contributed by atoms with Crippen LogP contribution in [0.2, 0.25) is 0 Å². The first-order valence-electron chi connectivity index (χ1n) is 6.18. The summed E-state index contributed by atoms with van der Waals surface area (Å²) in [6.07, 6.45) is -1.38. The molecule has 0 radical (unpaired) electrons. The fraction of sp³-hybridized carbons (Fsp3) is 0.385. The Morgan fingerprint density at radius 2 is 2.05 bits per heavy atom. The van der Waals surface area contributed by atoms with Crippen LogP contribution in [-0.4, -0.2) is 16.0 Å². The van der Waals surface area contributed by atoms with E-state index in [9.17, 15) is 13.2 Å². The van der Waals surface area contributed by atoms with Crippen LogP contribution in [0.25, 0.3) is 10.6 Å². The lowest BCUT2D eigenvalue weighted by atomic mass is 10.3. The van der Waals surface area contributed by atoms with E-state index in [0.717, 1.165) is 11.3 Å². The van der Waals surface area contributed by atoms with Crippen molar-refractivity contribution in [2.24, 2.45) is 0 Å². The lowest BCUT2D eigenvalue weighted by Crippen LogP contribution is -2.23. The van der Waals surface area contributed by atoms with Gasteiger partial charge in [0.1, 0.15) is 5.01 Å². The molecule has 0 aromatic carbocycles. The van der Waals surface area contributed by atoms with Crippen molar-refractivity contribution in [1.29, 1.82) is 0 Å². The van der Waals surface area contributed by atoms with Gasteiger partial charge in [-0.05, 0) is 22.0 Å². The van der Waals surface area contributed by atoms with Crippen molar-refractivity contribution in [3.05, 3.63) is 33.5 Å². The Labute approximate surface area is 132 Å². The molecular formula is C13H13BrF3N3S. The second-order valence-electron chi connectivity index (χ2n) is 4.72. The minimum absolute atomic E-state index is 0.101. The molecule has 0 saturated carbocycles. The maximum Gasteiger partial charge on any atom is 0.434 e. The average molecular weight is 380 g/mol. The molecule has 1 N–H and O–H groups in total. The molecule has 0 spiro atoms. The Bertz CT molecular complexity index is 625. The van der Waals surface area contributed by atoms with Gasteiger partial charge in [-0.1, -0.05) is 13.8 Å². The van der Waals surface area contributed by atoms with Crippen molar-refractivity contribution in [2.45, 2.75) is 32.6 Å². The molecule has 2 aromatic heterocycles. The molecule has 114 valence electrons. The number of pyridine rings is 1. The van der Waals surface area contributed by atoms with Gasteiger partial charge < -0.3 is 5.32 Å². The van der Waals surface area contributed by atoms with Gasteiger partial charge in [-0.2, -0.15) is 13.2 Å². The summed E-state index contributed by atoms with van der Waals surface area (Å²) in [5.41, 5.74) is -0.258. The number of aromatic nitrogens is 2. The first-order chi connectivity index (χ1) is 9.77. The normalized spacial score (nSPS) is 12.1. The lowest BCUT2D eigenvalue weighted by Gasteiger charge is -2.09. The van der Waals surface area contributed by atoms with Gasteiger partial charge in [-0.25, -0.2) is 4.98 Å². The molecule has 0 aliphatic heterocycles. The third kappa shape index (κ3) is 4.24. The van der Waals surface area contributed by atoms with Gasteiger partial charge in [0.2, 0.25) is 0 Å². The molecule has 0 saturated heterocycles. The van der Waals surface area contributed by atoms with Crippen LogP contribution in [0.15, 0.2) is 22.9 Å². The van der Waals surface area contributed by atoms with Crippen LogP contribution in [0.4, 0.5) is 13.2 Å². The number of thiazole rings is 1. The van der Waals surface area contributed by atoms with Crippen LogP contribution < -0.4 is 5.32 Å². The number of alkyl halides is 3. The van der Waals surface area contributed by atoms with Crippen molar-refractivity contribution in [1.82, 2.24) is 15.3 Å². The van der Waals surface area contributed by atoms with E-state index in [2.05, 4.69) is 31.2 Å². The highest BCUT2D eigenvalue weighted by atomic mass is 79.9. The molecular weight excluding hydrogens is 367 g/mol. The van der Waals surface area contributed by atoms with Crippen LogP contribution in [0.5, 0.6) is 0 Å². The summed E-state index contributed by atoms with van der Waals surface area (Å²) in [6, 6.07) is 1.80. The van der Waals surface area contributed by atoms with E-state index in [1.807, 2.05) is 13.8 Å². The van der Waals surface area contributed by atoms with Gasteiger partial charge in [0.25, 0.3) is 0 Å². The summed E-state index contributed by atoms with van der Waals surface area (Å²) in [6.45, 7) is 3.91. The van der Waals surface area contributed by atoms with Gasteiger partial charge in [0, 0.05) is 35.0 Å². The van der Waals surface area contributed by atoms with E-state index in [-0.39, 0.29) is 17.5 Å². The molecule has 0 atom stereocenters. The van der Waals surface area contributed by atoms with Crippen molar-refractivity contribution in [2.75, 3.05) is 0 Å². The topological polar surface area (TPSA) is 37.8 Å². The Balaban J connectivity index is 2.40. The first kappa shape index (κ1) is 16.4. The summed E-state index contributed by atoms with van der Waals surface area (Å²) in [4.78, 5) is 7.91. The molecule has 2 heterocycles. The highest BCUT2D eigenvalue weighted by Gasteiger charge is 2.37. The zero-order valence-electron chi connectivity index (χ0n) is 11.3. The Hall–Kier alpha value is -0.990. The van der Waals surface area contributed by atoms with Crippen molar-refractivity contribution >= 4 is 27.3 Å². The first-order valence-corrected chi connectivity index (χ1v) is 7.79. The molecule has 2 rings (SSSR count). The van der Waals surface area contributed by atoms with E-state index in [4.69, 9.17) is 0 Å². The Kier molecular flexibility index (Phi) is 5.00. The van der Waals surface area contributed by atoms with Crippen molar-refractivity contribution in [3.63, 3.8) is 0 Å². The predicted octanol–water partition coefficient (Wildman–Crippen LogP) is 4.48. The molecule has 21 heavy (non-hydrogen) atoms. The molecule has 0 aliphatic rings. The van der Waals surface area contributed by atoms with Gasteiger partial charge in [0.15, 0.2) is 5.69 Å². The van der Waals surface area contributed by atoms with Crippen LogP contribution >= 0.6 is 27.3 Å². The third-order valence-electron chi connectivity index (χ3n) is 2.59. The van der Waals surface area contributed by atoms with E-state index in [0.29, 0.717) is 15.0 Å². The van der Waals surface area contributed by atoms with Crippen LogP contribution in [0.1, 0.15) is 24.4 Å². The van der Waals surface area contributed by atoms with Gasteiger partial charge in [-0.15, -0.1) is 11.3 Å². The molecule has 0 fully saturated rings. The fourth-order valence-corrected chi connectivity index (χ4v) is 3.02. The van der Waals surface area contributed by atoms with Gasteiger partial charge >= 0.3 is 6.18 Å². The maximum absolute atomic E-state index is 13.1. The molecule has 2 aromatic rings. The number of hydrogen-bond donors (Lipinski definition) is 1. The summed E-state index contributed by atoms with van der Waals surface area (Å²) >= 11 is 4.29. The SMILES string of the molecule is CC(C)NCc1sc(-c2cncc(Br)c2)nc1C(F)(F)F. The van der Waals surface area contributed by atoms with Crippen molar-refractivity contribution in [3.8, 4) is 10.6 Å². The number of hydrogen-bond acceptors (Lipinski definition) is 4. The molecule has 0 bridgehead atoms. The molecule has 0 unspecified atom stereocenters. The largest absolute Gasteiger partial charge is 0.434 e. The van der Waals surface area contributed by atoms with Crippen LogP contribution in [-0.2, 0) is 12.7 Å². The Morgan fingerprint density at radius 3 is 2.62 bits per heavy atom. The van der Waals surface area contributed by atoms with Crippen LogP contribution in [0.3, 0.4) is 0 Å². The number of nitrogens with one attached hydrogen (secondary N) is 1. The van der Waals surface area contributed by atoms with E-state index in [1.165, 1.54) is 6.20 Å². The third-order valence-corrected chi connectivity index (χ3v) is 4.13. The number of halogens is 4. The van der Waals surface area contributed by atoms with Gasteiger partial charge in [-0.3, -0.25) is 4.98 Å². The maximum atomic E-state index is 13.1.